The summed E-state index contributed by atoms with van der Waals surface area (Å²) in [5.41, 5.74) is 0. The van der Waals surface area contributed by atoms with E-state index in [-0.39, 0.29) is 38.4 Å². The zero-order valence-electron chi connectivity index (χ0n) is 20.9. The molecule has 5 rings (SSSR count). The van der Waals surface area contributed by atoms with Crippen molar-refractivity contribution < 1.29 is 30.7 Å². The molecule has 20 heteroatoms. The lowest BCUT2D eigenvalue weighted by atomic mass is 10.5. The third-order valence-electron chi connectivity index (χ3n) is 4.58. The predicted molar refractivity (Wildman–Crippen MR) is 164 cm³/mol. The van der Waals surface area contributed by atoms with Gasteiger partial charge in [-0.3, -0.25) is 9.44 Å². The molecule has 0 aliphatic heterocycles. The van der Waals surface area contributed by atoms with Crippen LogP contribution in [-0.4, -0.2) is 43.9 Å². The van der Waals surface area contributed by atoms with Crippen LogP contribution in [0.1, 0.15) is 5.76 Å². The van der Waals surface area contributed by atoms with Crippen molar-refractivity contribution in [3.05, 3.63) is 79.7 Å². The second-order valence-corrected chi connectivity index (χ2v) is 15.6. The molecule has 0 saturated heterocycles. The first-order valence-electron chi connectivity index (χ1n) is 11.1. The number of hydrogen-bond acceptors (Lipinski definition) is 13. The number of hydrogen-bond donors (Lipinski definition) is 2. The summed E-state index contributed by atoms with van der Waals surface area (Å²) in [7, 11) is -6.09. The molecule has 222 valence electrons. The molecule has 13 nitrogen and oxygen atoms in total. The maximum Gasteiger partial charge on any atom is 0.272 e. The van der Waals surface area contributed by atoms with E-state index in [1.54, 1.807) is 23.6 Å². The van der Waals surface area contributed by atoms with Crippen LogP contribution >= 0.6 is 66.1 Å². The largest absolute Gasteiger partial charge is 0.478 e. The van der Waals surface area contributed by atoms with Gasteiger partial charge >= 0.3 is 0 Å². The minimum atomic E-state index is -3.84. The lowest BCUT2D eigenvalue weighted by molar-refractivity contribution is 0.261. The molecule has 0 aliphatic carbocycles. The molecule has 0 bridgehead atoms. The average molecular weight is 801 g/mol. The summed E-state index contributed by atoms with van der Waals surface area (Å²) in [6, 6.07) is 9.52. The summed E-state index contributed by atoms with van der Waals surface area (Å²) in [6.07, 6.45) is 4.25. The van der Waals surface area contributed by atoms with Gasteiger partial charge in [0.05, 0.1) is 30.1 Å². The third kappa shape index (κ3) is 8.62. The van der Waals surface area contributed by atoms with E-state index < -0.39 is 20.0 Å². The Morgan fingerprint density at radius 2 is 1.55 bits per heavy atom. The second kappa shape index (κ2) is 14.1. The zero-order chi connectivity index (χ0) is 30.3. The Morgan fingerprint density at radius 1 is 0.905 bits per heavy atom. The first-order valence-corrected chi connectivity index (χ1v) is 17.7. The van der Waals surface area contributed by atoms with Gasteiger partial charge in [-0.05, 0) is 67.6 Å². The number of methoxy groups -OCH3 is 1. The number of nitrogens with one attached hydrogen (secondary N) is 2. The normalized spacial score (nSPS) is 11.3. The van der Waals surface area contributed by atoms with Gasteiger partial charge in [-0.15, -0.1) is 22.7 Å². The Bertz CT molecular complexity index is 1860. The standard InChI is InChI=1S/C13H9BrClN3O4S2.C9H8BrN3O3S2/c14-9-6-16-12(13(17-9)22-7-8-2-1-5-21-8)18-24(19,20)11-4-3-10(15)23-11;1-16-9-8(11-5-6(10)12-9)13-18(14,15)7-3-2-4-17-7/h1-6H,7H2,(H,16,18);2-5H,1H3,(H,11,13). The van der Waals surface area contributed by atoms with E-state index in [1.807, 2.05) is 0 Å². The van der Waals surface area contributed by atoms with Gasteiger partial charge in [0.15, 0.2) is 0 Å². The van der Waals surface area contributed by atoms with Gasteiger partial charge in [-0.1, -0.05) is 17.7 Å². The Labute approximate surface area is 269 Å². The monoisotopic (exact) mass is 798 g/mol. The SMILES string of the molecule is COc1nc(Br)cnc1NS(=O)(=O)c1cccs1.O=S(=O)(Nc1ncc(Br)nc1OCc1ccco1)c1ccc(Cl)s1. The molecule has 0 aliphatic rings. The van der Waals surface area contributed by atoms with Crippen LogP contribution in [0.5, 0.6) is 11.8 Å². The first-order chi connectivity index (χ1) is 20.0. The lowest BCUT2D eigenvalue weighted by Crippen LogP contribution is -2.14. The van der Waals surface area contributed by atoms with Crippen molar-refractivity contribution in [3.63, 3.8) is 0 Å². The fourth-order valence-corrected chi connectivity index (χ4v) is 7.85. The molecule has 0 fully saturated rings. The number of thiophene rings is 2. The molecule has 5 aromatic heterocycles. The fraction of sp³-hybridized carbons (Fsp3) is 0.0909. The molecule has 0 radical (unpaired) electrons. The van der Waals surface area contributed by atoms with Crippen molar-refractivity contribution >= 4 is 97.8 Å². The second-order valence-electron chi connectivity index (χ2n) is 7.47. The van der Waals surface area contributed by atoms with E-state index in [4.69, 9.17) is 25.5 Å². The van der Waals surface area contributed by atoms with Crippen LogP contribution in [-0.2, 0) is 26.7 Å². The topological polar surface area (TPSA) is 176 Å². The molecule has 5 heterocycles. The number of ether oxygens (including phenoxy) is 2. The summed E-state index contributed by atoms with van der Waals surface area (Å²) in [4.78, 5) is 16.0. The van der Waals surface area contributed by atoms with Crippen molar-refractivity contribution in [2.24, 2.45) is 0 Å². The highest BCUT2D eigenvalue weighted by molar-refractivity contribution is 9.10. The van der Waals surface area contributed by atoms with Crippen LogP contribution in [0, 0.1) is 0 Å². The fourth-order valence-electron chi connectivity index (χ4n) is 2.83. The molecular weight excluding hydrogens is 784 g/mol. The van der Waals surface area contributed by atoms with E-state index in [2.05, 4.69) is 61.2 Å². The van der Waals surface area contributed by atoms with Crippen molar-refractivity contribution in [3.8, 4) is 11.8 Å². The summed E-state index contributed by atoms with van der Waals surface area (Å²) >= 11 is 14.1. The van der Waals surface area contributed by atoms with Gasteiger partial charge in [0.25, 0.3) is 31.8 Å². The number of anilines is 2. The van der Waals surface area contributed by atoms with Gasteiger partial charge in [-0.2, -0.15) is 0 Å². The first kappa shape index (κ1) is 32.1. The van der Waals surface area contributed by atoms with E-state index in [1.165, 1.54) is 44.0 Å². The van der Waals surface area contributed by atoms with Gasteiger partial charge in [0, 0.05) is 0 Å². The zero-order valence-corrected chi connectivity index (χ0v) is 28.1. The smallest absolute Gasteiger partial charge is 0.272 e. The summed E-state index contributed by atoms with van der Waals surface area (Å²) < 4.78 is 70.5. The molecule has 0 unspecified atom stereocenters. The number of halogens is 3. The van der Waals surface area contributed by atoms with Crippen LogP contribution in [0.25, 0.3) is 0 Å². The van der Waals surface area contributed by atoms with Gasteiger partial charge in [0.1, 0.15) is 30.0 Å². The van der Waals surface area contributed by atoms with Crippen molar-refractivity contribution in [2.75, 3.05) is 16.6 Å². The van der Waals surface area contributed by atoms with Crippen LogP contribution in [0.3, 0.4) is 0 Å². The van der Waals surface area contributed by atoms with Crippen LogP contribution in [0.4, 0.5) is 11.6 Å². The molecule has 0 saturated carbocycles. The van der Waals surface area contributed by atoms with Crippen molar-refractivity contribution in [2.45, 2.75) is 15.0 Å². The number of aromatic nitrogens is 4. The quantitative estimate of drug-likeness (QED) is 0.169. The van der Waals surface area contributed by atoms with Gasteiger partial charge < -0.3 is 13.9 Å². The minimum absolute atomic E-state index is 0.0204. The van der Waals surface area contributed by atoms with E-state index in [9.17, 15) is 16.8 Å². The number of rotatable bonds is 10. The van der Waals surface area contributed by atoms with Gasteiger partial charge in [0.2, 0.25) is 11.6 Å². The molecular formula is C22H17Br2ClN6O7S4. The van der Waals surface area contributed by atoms with E-state index in [0.29, 0.717) is 19.3 Å². The predicted octanol–water partition coefficient (Wildman–Crippen LogP) is 6.04. The molecule has 0 atom stereocenters. The number of furan rings is 1. The average Bonchev–Trinajstić information content (AvgIpc) is 3.74. The molecule has 0 aromatic carbocycles. The molecule has 42 heavy (non-hydrogen) atoms. The highest BCUT2D eigenvalue weighted by Gasteiger charge is 2.21. The Morgan fingerprint density at radius 3 is 2.10 bits per heavy atom. The highest BCUT2D eigenvalue weighted by atomic mass is 79.9. The summed E-state index contributed by atoms with van der Waals surface area (Å²) in [6.45, 7) is 0.0810. The Kier molecular flexibility index (Phi) is 10.8. The molecule has 5 aromatic rings. The van der Waals surface area contributed by atoms with E-state index in [0.717, 1.165) is 22.7 Å². The van der Waals surface area contributed by atoms with Crippen molar-refractivity contribution in [1.82, 2.24) is 19.9 Å². The van der Waals surface area contributed by atoms with Gasteiger partial charge in [-0.25, -0.2) is 36.8 Å². The third-order valence-corrected chi connectivity index (χ3v) is 11.1. The van der Waals surface area contributed by atoms with E-state index >= 15 is 0 Å². The molecule has 0 amide bonds. The Balaban J connectivity index is 0.000000201. The summed E-state index contributed by atoms with van der Waals surface area (Å²) in [5, 5.41) is 1.68. The van der Waals surface area contributed by atoms with Crippen LogP contribution < -0.4 is 18.9 Å². The highest BCUT2D eigenvalue weighted by Crippen LogP contribution is 2.30. The molecule has 0 spiro atoms. The van der Waals surface area contributed by atoms with Crippen LogP contribution in [0.15, 0.2) is 82.5 Å². The minimum Gasteiger partial charge on any atom is -0.478 e. The molecule has 2 N–H and O–H groups in total. The van der Waals surface area contributed by atoms with Crippen LogP contribution in [0.2, 0.25) is 4.34 Å². The summed E-state index contributed by atoms with van der Waals surface area (Å²) in [5.74, 6) is 0.704. The maximum absolute atomic E-state index is 12.4. The van der Waals surface area contributed by atoms with Crippen molar-refractivity contribution in [1.29, 1.82) is 0 Å². The lowest BCUT2D eigenvalue weighted by Gasteiger charge is -2.10. The Hall–Kier alpha value is -2.81. The maximum atomic E-state index is 12.4. The number of nitrogens with zero attached hydrogens (tertiary/aromatic N) is 4. The number of sulfonamides is 2.